The standard InChI is InChI=1S/C31H41B3N8O4S/c1-17-26(30(45)42-14-10-19(11-15-42)41-12-3-4-13-41)47-29(35-17)20-6-5-7-21(25(20)46-2)36-22-16-23(37-27(43)18-8-9-18)39-40-24(22)28(44)38-31(32,33)34/h5-7,16,18-19H,3-4,8-15,32-34H2,1-2H3,(H,38,44)(H2,36,37,39,43). The number of carbonyl (C=O) groups excluding carboxylic acids is 3. The van der Waals surface area contributed by atoms with Crippen LogP contribution in [0.4, 0.5) is 17.2 Å². The zero-order valence-corrected chi connectivity index (χ0v) is 28.6. The first kappa shape index (κ1) is 33.0. The lowest BCUT2D eigenvalue weighted by Gasteiger charge is -2.36. The molecule has 6 rings (SSSR count). The monoisotopic (exact) mass is 654 g/mol. The molecule has 2 aromatic heterocycles. The number of hydrogen-bond acceptors (Lipinski definition) is 10. The second-order valence-corrected chi connectivity index (χ2v) is 14.7. The molecule has 3 fully saturated rings. The van der Waals surface area contributed by atoms with E-state index in [1.807, 2.05) is 53.6 Å². The lowest BCUT2D eigenvalue weighted by atomic mass is 9.49. The molecule has 2 saturated heterocycles. The second kappa shape index (κ2) is 13.7. The summed E-state index contributed by atoms with van der Waals surface area (Å²) in [6.45, 7) is 5.73. The van der Waals surface area contributed by atoms with Crippen molar-refractivity contribution in [3.05, 3.63) is 40.5 Å². The summed E-state index contributed by atoms with van der Waals surface area (Å²) in [7, 11) is 7.22. The van der Waals surface area contributed by atoms with Crippen LogP contribution < -0.4 is 20.7 Å². The molecule has 0 spiro atoms. The highest BCUT2D eigenvalue weighted by atomic mass is 32.1. The van der Waals surface area contributed by atoms with Gasteiger partial charge in [0.05, 0.1) is 29.7 Å². The van der Waals surface area contributed by atoms with E-state index in [1.165, 1.54) is 37.3 Å². The van der Waals surface area contributed by atoms with Crippen molar-refractivity contribution in [3.8, 4) is 16.3 Å². The topological polar surface area (TPSA) is 142 Å². The number of aryl methyl sites for hydroxylation is 1. The number of methoxy groups -OCH3 is 1. The highest BCUT2D eigenvalue weighted by Crippen LogP contribution is 2.41. The van der Waals surface area contributed by atoms with Crippen molar-refractivity contribution >= 4 is 69.8 Å². The first-order valence-corrected chi connectivity index (χ1v) is 17.3. The van der Waals surface area contributed by atoms with E-state index in [-0.39, 0.29) is 29.2 Å². The van der Waals surface area contributed by atoms with Gasteiger partial charge >= 0.3 is 0 Å². The zero-order valence-electron chi connectivity index (χ0n) is 27.8. The minimum atomic E-state index is -0.506. The molecular formula is C31H41B3N8O4S. The largest absolute Gasteiger partial charge is 0.494 e. The quantitative estimate of drug-likeness (QED) is 0.273. The van der Waals surface area contributed by atoms with Crippen molar-refractivity contribution in [2.75, 3.05) is 43.9 Å². The van der Waals surface area contributed by atoms with Crippen LogP contribution in [0.15, 0.2) is 24.3 Å². The van der Waals surface area contributed by atoms with Gasteiger partial charge in [0.15, 0.2) is 17.3 Å². The van der Waals surface area contributed by atoms with Crippen LogP contribution in [0.5, 0.6) is 5.75 Å². The second-order valence-electron chi connectivity index (χ2n) is 13.7. The number of para-hydroxylation sites is 1. The Bertz CT molecular complexity index is 1660. The van der Waals surface area contributed by atoms with Crippen molar-refractivity contribution in [2.24, 2.45) is 5.92 Å². The number of likely N-dealkylation sites (tertiary alicyclic amines) is 2. The first-order chi connectivity index (χ1) is 22.5. The Labute approximate surface area is 282 Å². The number of anilines is 3. The van der Waals surface area contributed by atoms with Gasteiger partial charge in [-0.1, -0.05) is 6.07 Å². The number of benzene rings is 1. The first-order valence-electron chi connectivity index (χ1n) is 16.5. The zero-order chi connectivity index (χ0) is 33.3. The number of hydrogen-bond donors (Lipinski definition) is 3. The van der Waals surface area contributed by atoms with E-state index >= 15 is 0 Å². The van der Waals surface area contributed by atoms with E-state index in [2.05, 4.69) is 31.0 Å². The van der Waals surface area contributed by atoms with Crippen LogP contribution >= 0.6 is 11.3 Å². The molecule has 0 bridgehead atoms. The van der Waals surface area contributed by atoms with Gasteiger partial charge in [0.1, 0.15) is 33.4 Å². The lowest BCUT2D eigenvalue weighted by molar-refractivity contribution is -0.117. The van der Waals surface area contributed by atoms with E-state index in [4.69, 9.17) is 9.72 Å². The maximum Gasteiger partial charge on any atom is 0.272 e. The van der Waals surface area contributed by atoms with Crippen LogP contribution in [0.3, 0.4) is 0 Å². The molecule has 47 heavy (non-hydrogen) atoms. The van der Waals surface area contributed by atoms with Gasteiger partial charge in [-0.2, -0.15) is 0 Å². The number of thiazole rings is 1. The summed E-state index contributed by atoms with van der Waals surface area (Å²) < 4.78 is 5.90. The molecule has 4 heterocycles. The minimum absolute atomic E-state index is 0.0193. The van der Waals surface area contributed by atoms with Gasteiger partial charge in [-0.3, -0.25) is 14.4 Å². The van der Waals surface area contributed by atoms with Crippen LogP contribution in [-0.2, 0) is 4.79 Å². The molecule has 0 unspecified atom stereocenters. The van der Waals surface area contributed by atoms with Crippen LogP contribution in [-0.4, -0.2) is 111 Å². The fraction of sp³-hybridized carbons (Fsp3) is 0.484. The maximum atomic E-state index is 13.7. The molecule has 0 radical (unpaired) electrons. The average Bonchev–Trinajstić information content (AvgIpc) is 3.61. The van der Waals surface area contributed by atoms with Crippen molar-refractivity contribution in [1.29, 1.82) is 0 Å². The van der Waals surface area contributed by atoms with Gasteiger partial charge < -0.3 is 30.5 Å². The predicted octanol–water partition coefficient (Wildman–Crippen LogP) is 0.950. The Morgan fingerprint density at radius 2 is 1.72 bits per heavy atom. The van der Waals surface area contributed by atoms with Crippen LogP contribution in [0.2, 0.25) is 0 Å². The molecule has 3 aliphatic rings. The Hall–Kier alpha value is -3.91. The van der Waals surface area contributed by atoms with Gasteiger partial charge in [-0.25, -0.2) is 4.98 Å². The van der Waals surface area contributed by atoms with Gasteiger partial charge in [0.25, 0.3) is 11.8 Å². The molecule has 1 saturated carbocycles. The predicted molar refractivity (Wildman–Crippen MR) is 191 cm³/mol. The maximum absolute atomic E-state index is 13.7. The third-order valence-corrected chi connectivity index (χ3v) is 9.99. The van der Waals surface area contributed by atoms with Gasteiger partial charge in [-0.15, -0.1) is 21.5 Å². The van der Waals surface area contributed by atoms with Crippen LogP contribution in [0.25, 0.3) is 10.6 Å². The number of nitrogens with one attached hydrogen (secondary N) is 3. The number of amides is 3. The van der Waals surface area contributed by atoms with Gasteiger partial charge in [-0.05, 0) is 75.9 Å². The summed E-state index contributed by atoms with van der Waals surface area (Å²) in [5, 5.41) is 17.5. The number of aromatic nitrogens is 3. The van der Waals surface area contributed by atoms with Crippen molar-refractivity contribution in [3.63, 3.8) is 0 Å². The van der Waals surface area contributed by atoms with E-state index in [9.17, 15) is 14.4 Å². The summed E-state index contributed by atoms with van der Waals surface area (Å²) in [6, 6.07) is 7.76. The summed E-state index contributed by atoms with van der Waals surface area (Å²) >= 11 is 1.36. The lowest BCUT2D eigenvalue weighted by Crippen LogP contribution is -2.50. The van der Waals surface area contributed by atoms with Crippen LogP contribution in [0, 0.1) is 12.8 Å². The number of ether oxygens (including phenoxy) is 1. The van der Waals surface area contributed by atoms with E-state index in [0.29, 0.717) is 44.3 Å². The molecule has 12 nitrogen and oxygen atoms in total. The SMILES string of the molecule is BC(B)(B)NC(=O)c1nnc(NC(=O)C2CC2)cc1Nc1cccc(-c2nc(C)c(C(=O)N3CCC(N4CCCC4)CC3)s2)c1OC. The minimum Gasteiger partial charge on any atom is -0.494 e. The van der Waals surface area contributed by atoms with Gasteiger partial charge in [0, 0.05) is 31.1 Å². The molecule has 1 aliphatic carbocycles. The summed E-state index contributed by atoms with van der Waals surface area (Å²) in [4.78, 5) is 49.4. The molecule has 3 amide bonds. The van der Waals surface area contributed by atoms with E-state index in [1.54, 1.807) is 13.2 Å². The number of carbonyl (C=O) groups is 3. The molecule has 1 aromatic carbocycles. The molecule has 0 atom stereocenters. The number of nitrogens with zero attached hydrogens (tertiary/aromatic N) is 5. The summed E-state index contributed by atoms with van der Waals surface area (Å²) in [6.07, 6.45) is 6.25. The Morgan fingerprint density at radius 3 is 2.38 bits per heavy atom. The molecule has 3 aromatic rings. The molecule has 2 aliphatic heterocycles. The Morgan fingerprint density at radius 1 is 1.00 bits per heavy atom. The highest BCUT2D eigenvalue weighted by Gasteiger charge is 2.32. The Balaban J connectivity index is 1.25. The normalized spacial score (nSPS) is 17.4. The number of rotatable bonds is 10. The van der Waals surface area contributed by atoms with E-state index in [0.717, 1.165) is 38.8 Å². The smallest absolute Gasteiger partial charge is 0.272 e. The van der Waals surface area contributed by atoms with Gasteiger partial charge in [0.2, 0.25) is 5.91 Å². The van der Waals surface area contributed by atoms with Crippen molar-refractivity contribution in [1.82, 2.24) is 30.3 Å². The van der Waals surface area contributed by atoms with Crippen LogP contribution in [0.1, 0.15) is 64.4 Å². The van der Waals surface area contributed by atoms with Crippen molar-refractivity contribution in [2.45, 2.75) is 56.7 Å². The Kier molecular flexibility index (Phi) is 9.61. The molecular weight excluding hydrogens is 613 g/mol. The summed E-state index contributed by atoms with van der Waals surface area (Å²) in [5.74, 6) is 0.221. The van der Waals surface area contributed by atoms with Crippen molar-refractivity contribution < 1.29 is 19.1 Å². The summed E-state index contributed by atoms with van der Waals surface area (Å²) in [5.41, 5.74) is 2.39. The fourth-order valence-electron chi connectivity index (χ4n) is 6.25. The van der Waals surface area contributed by atoms with E-state index < -0.39 is 11.1 Å². The highest BCUT2D eigenvalue weighted by molar-refractivity contribution is 7.17. The fourth-order valence-corrected chi connectivity index (χ4v) is 7.31. The average molecular weight is 654 g/mol. The molecule has 16 heteroatoms. The third-order valence-electron chi connectivity index (χ3n) is 8.82. The molecule has 3 N–H and O–H groups in total. The third kappa shape index (κ3) is 7.64. The number of piperidine rings is 1. The molecule has 244 valence electrons.